The Balaban J connectivity index is 1.94. The minimum atomic E-state index is -0.0990. The van der Waals surface area contributed by atoms with Crippen molar-refractivity contribution in [1.82, 2.24) is 0 Å². The van der Waals surface area contributed by atoms with Crippen molar-refractivity contribution in [3.63, 3.8) is 0 Å². The van der Waals surface area contributed by atoms with Crippen LogP contribution in [0.15, 0.2) is 0 Å². The van der Waals surface area contributed by atoms with Gasteiger partial charge in [0.1, 0.15) is 5.60 Å². The van der Waals surface area contributed by atoms with Gasteiger partial charge in [0.05, 0.1) is 12.7 Å². The van der Waals surface area contributed by atoms with Crippen LogP contribution in [-0.4, -0.2) is 23.4 Å². The van der Waals surface area contributed by atoms with E-state index in [1.807, 2.05) is 0 Å². The summed E-state index contributed by atoms with van der Waals surface area (Å²) in [6.07, 6.45) is 2.87. The molecule has 1 saturated heterocycles. The van der Waals surface area contributed by atoms with Gasteiger partial charge in [-0.1, -0.05) is 13.8 Å². The number of epoxide rings is 1. The molecular weight excluding hydrogens is 152 g/mol. The summed E-state index contributed by atoms with van der Waals surface area (Å²) in [5.74, 6) is 1.48. The summed E-state index contributed by atoms with van der Waals surface area (Å²) < 4.78 is 5.65. The molecule has 4 rings (SSSR count). The number of aliphatic hydroxyl groups is 1. The van der Waals surface area contributed by atoms with E-state index in [2.05, 4.69) is 13.8 Å². The second kappa shape index (κ2) is 1.73. The van der Waals surface area contributed by atoms with Crippen LogP contribution >= 0.6 is 0 Å². The van der Waals surface area contributed by atoms with Crippen molar-refractivity contribution in [2.45, 2.75) is 38.4 Å². The molecule has 4 fully saturated rings. The summed E-state index contributed by atoms with van der Waals surface area (Å²) in [6.45, 7) is 4.88. The van der Waals surface area contributed by atoms with E-state index in [9.17, 15) is 5.11 Å². The van der Waals surface area contributed by atoms with Crippen molar-refractivity contribution in [3.05, 3.63) is 0 Å². The van der Waals surface area contributed by atoms with Gasteiger partial charge < -0.3 is 9.84 Å². The van der Waals surface area contributed by atoms with E-state index >= 15 is 0 Å². The first kappa shape index (κ1) is 7.34. The summed E-state index contributed by atoms with van der Waals surface area (Å²) in [7, 11) is 0. The van der Waals surface area contributed by atoms with E-state index in [1.54, 1.807) is 0 Å². The van der Waals surface area contributed by atoms with Gasteiger partial charge >= 0.3 is 0 Å². The Bertz CT molecular complexity index is 236. The predicted octanol–water partition coefficient (Wildman–Crippen LogP) is 1.18. The van der Waals surface area contributed by atoms with Crippen LogP contribution < -0.4 is 0 Å². The number of hydrogen-bond donors (Lipinski definition) is 1. The van der Waals surface area contributed by atoms with Crippen LogP contribution in [0, 0.1) is 17.3 Å². The van der Waals surface area contributed by atoms with Crippen LogP contribution in [0.1, 0.15) is 26.7 Å². The molecule has 0 unspecified atom stereocenters. The molecule has 3 saturated carbocycles. The van der Waals surface area contributed by atoms with Crippen molar-refractivity contribution >= 4 is 0 Å². The molecule has 4 atom stereocenters. The van der Waals surface area contributed by atoms with E-state index in [0.717, 1.165) is 5.92 Å². The fourth-order valence-corrected chi connectivity index (χ4v) is 3.54. The molecule has 0 radical (unpaired) electrons. The average Bonchev–Trinajstić information content (AvgIpc) is 2.77. The summed E-state index contributed by atoms with van der Waals surface area (Å²) >= 11 is 0. The fraction of sp³-hybridized carbons (Fsp3) is 1.00. The smallest absolute Gasteiger partial charge is 0.121 e. The Morgan fingerprint density at radius 3 is 2.67 bits per heavy atom. The molecule has 1 heterocycles. The Morgan fingerprint density at radius 1 is 1.42 bits per heavy atom. The molecule has 68 valence electrons. The maximum atomic E-state index is 9.29. The molecule has 0 amide bonds. The summed E-state index contributed by atoms with van der Waals surface area (Å²) in [5.41, 5.74) is 0.327. The highest BCUT2D eigenvalue weighted by Crippen LogP contribution is 2.70. The van der Waals surface area contributed by atoms with Gasteiger partial charge in [-0.3, -0.25) is 0 Å². The summed E-state index contributed by atoms with van der Waals surface area (Å²) in [6, 6.07) is 0. The lowest BCUT2D eigenvalue weighted by atomic mass is 9.45. The molecule has 2 bridgehead atoms. The number of ether oxygens (including phenoxy) is 1. The first-order chi connectivity index (χ1) is 5.61. The van der Waals surface area contributed by atoms with Gasteiger partial charge in [0.25, 0.3) is 0 Å². The number of rotatable bonds is 1. The zero-order valence-electron chi connectivity index (χ0n) is 7.71. The van der Waals surface area contributed by atoms with E-state index in [1.165, 1.54) is 12.8 Å². The molecule has 0 aromatic heterocycles. The van der Waals surface area contributed by atoms with Crippen molar-refractivity contribution < 1.29 is 9.84 Å². The summed E-state index contributed by atoms with van der Waals surface area (Å²) in [5, 5.41) is 9.29. The van der Waals surface area contributed by atoms with Gasteiger partial charge in [-0.05, 0) is 30.1 Å². The molecule has 3 aliphatic carbocycles. The van der Waals surface area contributed by atoms with Crippen molar-refractivity contribution in [2.75, 3.05) is 6.61 Å². The lowest BCUT2D eigenvalue weighted by Crippen LogP contribution is -2.58. The Labute approximate surface area is 72.9 Å². The third-order valence-corrected chi connectivity index (χ3v) is 4.66. The maximum Gasteiger partial charge on any atom is 0.121 e. The van der Waals surface area contributed by atoms with Gasteiger partial charge in [-0.25, -0.2) is 0 Å². The van der Waals surface area contributed by atoms with Gasteiger partial charge in [-0.15, -0.1) is 0 Å². The van der Waals surface area contributed by atoms with Crippen molar-refractivity contribution in [3.8, 4) is 0 Å². The standard InChI is InChI=1S/C10H16O2/c1-9(2)6-3-7(9)10(5-11)8(4-6)12-10/h6-8,11H,3-5H2,1-2H3/t6-,7-,8+,10-/m1/s1. The van der Waals surface area contributed by atoms with Crippen LogP contribution in [0.3, 0.4) is 0 Å². The van der Waals surface area contributed by atoms with Gasteiger partial charge in [0.15, 0.2) is 0 Å². The Hall–Kier alpha value is -0.0800. The highest BCUT2D eigenvalue weighted by atomic mass is 16.6. The minimum absolute atomic E-state index is 0.0990. The Morgan fingerprint density at radius 2 is 2.17 bits per heavy atom. The van der Waals surface area contributed by atoms with E-state index in [0.29, 0.717) is 17.4 Å². The van der Waals surface area contributed by atoms with Crippen LogP contribution in [0.25, 0.3) is 0 Å². The molecule has 2 heteroatoms. The second-order valence-corrected chi connectivity index (χ2v) is 5.26. The molecule has 1 aliphatic heterocycles. The quantitative estimate of drug-likeness (QED) is 0.596. The molecular formula is C10H16O2. The van der Waals surface area contributed by atoms with Gasteiger partial charge in [0, 0.05) is 0 Å². The van der Waals surface area contributed by atoms with Gasteiger partial charge in [-0.2, -0.15) is 0 Å². The van der Waals surface area contributed by atoms with Crippen LogP contribution in [0.4, 0.5) is 0 Å². The topological polar surface area (TPSA) is 32.8 Å². The van der Waals surface area contributed by atoms with E-state index < -0.39 is 0 Å². The third-order valence-electron chi connectivity index (χ3n) is 4.66. The molecule has 0 aromatic rings. The van der Waals surface area contributed by atoms with Crippen molar-refractivity contribution in [2.24, 2.45) is 17.3 Å². The average molecular weight is 168 g/mol. The molecule has 0 aromatic carbocycles. The van der Waals surface area contributed by atoms with Crippen LogP contribution in [0.2, 0.25) is 0 Å². The van der Waals surface area contributed by atoms with E-state index in [-0.39, 0.29) is 12.2 Å². The first-order valence-electron chi connectivity index (χ1n) is 4.90. The zero-order chi connectivity index (χ0) is 8.56. The SMILES string of the molecule is CC1(C)[C@H]2C[C@@H]3O[C@]3(CO)[C@@H]1C2. The first-order valence-corrected chi connectivity index (χ1v) is 4.90. The van der Waals surface area contributed by atoms with E-state index in [4.69, 9.17) is 4.74 Å². The van der Waals surface area contributed by atoms with Crippen LogP contribution in [-0.2, 0) is 4.74 Å². The number of hydrogen-bond acceptors (Lipinski definition) is 2. The monoisotopic (exact) mass is 168 g/mol. The molecule has 12 heavy (non-hydrogen) atoms. The highest BCUT2D eigenvalue weighted by molar-refractivity contribution is 5.22. The number of aliphatic hydroxyl groups excluding tert-OH is 1. The second-order valence-electron chi connectivity index (χ2n) is 5.26. The third kappa shape index (κ3) is 0.549. The highest BCUT2D eigenvalue weighted by Gasteiger charge is 2.74. The molecule has 0 spiro atoms. The molecule has 4 aliphatic rings. The lowest BCUT2D eigenvalue weighted by molar-refractivity contribution is -0.0972. The molecule has 1 N–H and O–H groups in total. The van der Waals surface area contributed by atoms with Crippen LogP contribution in [0.5, 0.6) is 0 Å². The van der Waals surface area contributed by atoms with Gasteiger partial charge in [0.2, 0.25) is 0 Å². The predicted molar refractivity (Wildman–Crippen MR) is 44.7 cm³/mol. The summed E-state index contributed by atoms with van der Waals surface area (Å²) in [4.78, 5) is 0. The minimum Gasteiger partial charge on any atom is -0.393 e. The largest absolute Gasteiger partial charge is 0.393 e. The Kier molecular flexibility index (Phi) is 1.06. The fourth-order valence-electron chi connectivity index (χ4n) is 3.54. The maximum absolute atomic E-state index is 9.29. The lowest BCUT2D eigenvalue weighted by Gasteiger charge is -2.57. The zero-order valence-corrected chi connectivity index (χ0v) is 7.71. The normalized spacial score (nSPS) is 58.8. The molecule has 2 nitrogen and oxygen atoms in total. The van der Waals surface area contributed by atoms with Crippen molar-refractivity contribution in [1.29, 1.82) is 0 Å².